The molecule has 9 heavy (non-hydrogen) atoms. The molecule has 0 radical (unpaired) electrons. The number of aliphatic hydroxyl groups excluding tert-OH is 1. The van der Waals surface area contributed by atoms with Crippen LogP contribution in [0.3, 0.4) is 0 Å². The lowest BCUT2D eigenvalue weighted by Crippen LogP contribution is -1.97. The largest absolute Gasteiger partial charge is 0.396 e. The van der Waals surface area contributed by atoms with Crippen LogP contribution in [-0.4, -0.2) is 13.1 Å². The molecule has 1 heteroatoms. The molecule has 1 nitrogen and oxygen atoms in total. The van der Waals surface area contributed by atoms with Gasteiger partial charge >= 0.3 is 0 Å². The van der Waals surface area contributed by atoms with E-state index in [1.807, 2.05) is 0 Å². The number of hydrogen-bond acceptors (Lipinski definition) is 1. The molecule has 52 valence electrons. The van der Waals surface area contributed by atoms with Gasteiger partial charge in [-0.2, -0.15) is 0 Å². The number of rotatable bonds is 2. The summed E-state index contributed by atoms with van der Waals surface area (Å²) in [6.45, 7) is 2.69. The van der Waals surface area contributed by atoms with Crippen LogP contribution in [0.1, 0.15) is 26.2 Å². The highest BCUT2D eigenvalue weighted by molar-refractivity contribution is 5.06. The van der Waals surface area contributed by atoms with Crippen molar-refractivity contribution in [2.75, 3.05) is 6.61 Å². The molecule has 1 atom stereocenters. The molecular weight excluding hydrogens is 112 g/mol. The number of aliphatic hydroxyl groups is 1. The fourth-order valence-corrected chi connectivity index (χ4v) is 1.37. The Morgan fingerprint density at radius 2 is 2.89 bits per heavy atom. The summed E-state index contributed by atoms with van der Waals surface area (Å²) in [6, 6.07) is 0. The zero-order valence-electron chi connectivity index (χ0n) is 6.89. The normalized spacial score (nSPS) is 33.2. The van der Waals surface area contributed by atoms with Crippen molar-refractivity contribution in [2.24, 2.45) is 5.92 Å². The van der Waals surface area contributed by atoms with Gasteiger partial charge in [0.25, 0.3) is 0 Å². The summed E-state index contributed by atoms with van der Waals surface area (Å²) in [4.78, 5) is 0. The minimum absolute atomic E-state index is 0.608. The SMILES string of the molecule is [3H]OC[C@H]1CC/C(=C/C)C1. The first kappa shape index (κ1) is 5.48. The zero-order valence-corrected chi connectivity index (χ0v) is 5.89. The van der Waals surface area contributed by atoms with Crippen LogP contribution >= 0.6 is 0 Å². The molecule has 1 aliphatic rings. The van der Waals surface area contributed by atoms with Crippen LogP contribution in [0.5, 0.6) is 0 Å². The molecule has 1 N–H and O–H groups in total. The van der Waals surface area contributed by atoms with E-state index in [1.54, 1.807) is 0 Å². The monoisotopic (exact) mass is 128 g/mol. The number of allylic oxidation sites excluding steroid dienone is 2. The van der Waals surface area contributed by atoms with E-state index in [-0.39, 0.29) is 0 Å². The molecule has 0 aliphatic heterocycles. The van der Waals surface area contributed by atoms with Gasteiger partial charge in [0.05, 0.1) is 0 Å². The van der Waals surface area contributed by atoms with Crippen LogP contribution < -0.4 is 0 Å². The van der Waals surface area contributed by atoms with Gasteiger partial charge in [-0.25, -0.2) is 0 Å². The highest BCUT2D eigenvalue weighted by Gasteiger charge is 2.16. The maximum atomic E-state index is 6.57. The Kier molecular flexibility index (Phi) is 1.84. The first-order valence-electron chi connectivity index (χ1n) is 3.99. The van der Waals surface area contributed by atoms with E-state index >= 15 is 0 Å². The van der Waals surface area contributed by atoms with Crippen molar-refractivity contribution < 1.29 is 5.11 Å². The van der Waals surface area contributed by atoms with E-state index in [4.69, 9.17) is 1.43 Å². The van der Waals surface area contributed by atoms with Gasteiger partial charge in [0, 0.05) is 6.61 Å². The molecule has 1 saturated carbocycles. The summed E-state index contributed by atoms with van der Waals surface area (Å²) < 4.78 is 6.57. The molecule has 0 amide bonds. The molecule has 0 aromatic carbocycles. The van der Waals surface area contributed by atoms with E-state index in [1.165, 1.54) is 18.4 Å². The Hall–Kier alpha value is -0.300. The lowest BCUT2D eigenvalue weighted by Gasteiger charge is -1.99. The summed E-state index contributed by atoms with van der Waals surface area (Å²) >= 11 is 0. The van der Waals surface area contributed by atoms with Crippen molar-refractivity contribution in [1.29, 1.82) is 1.43 Å². The Morgan fingerprint density at radius 3 is 3.44 bits per heavy atom. The third-order valence-corrected chi connectivity index (χ3v) is 2.07. The smallest absolute Gasteiger partial charge is 0.210 e. The zero-order chi connectivity index (χ0) is 7.40. The van der Waals surface area contributed by atoms with E-state index in [2.05, 4.69) is 18.1 Å². The maximum Gasteiger partial charge on any atom is 0.210 e. The second-order valence-corrected chi connectivity index (χ2v) is 2.72. The highest BCUT2D eigenvalue weighted by atomic mass is 16.3. The first-order chi connectivity index (χ1) is 4.86. The van der Waals surface area contributed by atoms with Gasteiger partial charge in [0.2, 0.25) is 1.43 Å². The van der Waals surface area contributed by atoms with Crippen molar-refractivity contribution in [3.8, 4) is 0 Å². The van der Waals surface area contributed by atoms with Crippen molar-refractivity contribution in [2.45, 2.75) is 26.2 Å². The Bertz CT molecular complexity index is 131. The summed E-state index contributed by atoms with van der Waals surface area (Å²) in [5.74, 6) is 0.615. The fraction of sp³-hybridized carbons (Fsp3) is 0.750. The third-order valence-electron chi connectivity index (χ3n) is 2.07. The summed E-state index contributed by atoms with van der Waals surface area (Å²) in [5, 5.41) is 4.34. The van der Waals surface area contributed by atoms with Crippen molar-refractivity contribution in [3.05, 3.63) is 11.6 Å². The molecule has 0 heterocycles. The molecule has 0 aromatic rings. The predicted molar refractivity (Wildman–Crippen MR) is 38.2 cm³/mol. The van der Waals surface area contributed by atoms with Gasteiger partial charge in [0.15, 0.2) is 0 Å². The summed E-state index contributed by atoms with van der Waals surface area (Å²) in [5.41, 5.74) is 1.53. The van der Waals surface area contributed by atoms with Gasteiger partial charge in [-0.15, -0.1) is 0 Å². The fourth-order valence-electron chi connectivity index (χ4n) is 1.37. The minimum atomic E-state index is 0.608. The van der Waals surface area contributed by atoms with Gasteiger partial charge < -0.3 is 5.11 Å². The molecule has 1 fully saturated rings. The predicted octanol–water partition coefficient (Wildman–Crippen LogP) is 1.73. The van der Waals surface area contributed by atoms with Crippen LogP contribution in [0.25, 0.3) is 0 Å². The molecule has 0 saturated heterocycles. The Labute approximate surface area is 57.9 Å². The van der Waals surface area contributed by atoms with Crippen molar-refractivity contribution in [3.63, 3.8) is 0 Å². The Morgan fingerprint density at radius 1 is 2.00 bits per heavy atom. The molecule has 0 unspecified atom stereocenters. The average molecular weight is 128 g/mol. The van der Waals surface area contributed by atoms with Crippen LogP contribution in [0.2, 0.25) is 0 Å². The van der Waals surface area contributed by atoms with Crippen LogP contribution in [0, 0.1) is 5.92 Å². The quantitative estimate of drug-likeness (QED) is 0.561. The Balaban J connectivity index is 2.29. The van der Waals surface area contributed by atoms with Crippen molar-refractivity contribution >= 4 is 0 Å². The first-order valence-corrected chi connectivity index (χ1v) is 3.59. The number of hydrogen-bond donors (Lipinski definition) is 1. The molecule has 1 aliphatic carbocycles. The molecule has 0 bridgehead atoms. The van der Waals surface area contributed by atoms with Crippen molar-refractivity contribution in [1.82, 2.24) is 0 Å². The second kappa shape index (κ2) is 3.02. The second-order valence-electron chi connectivity index (χ2n) is 2.72. The third kappa shape index (κ3) is 1.55. The van der Waals surface area contributed by atoms with Gasteiger partial charge in [-0.05, 0) is 32.1 Å². The van der Waals surface area contributed by atoms with Crippen LogP contribution in [0.15, 0.2) is 11.6 Å². The standard InChI is InChI=1S/C8H14O/c1-2-7-3-4-8(5-7)6-9/h2,8-9H,3-6H2,1H3/b7-2-/t8-/m0/s1/i9T. The molecule has 0 aromatic heterocycles. The van der Waals surface area contributed by atoms with Crippen LogP contribution in [0.4, 0.5) is 0 Å². The topological polar surface area (TPSA) is 20.2 Å². The van der Waals surface area contributed by atoms with Crippen LogP contribution in [-0.2, 0) is 0 Å². The lowest BCUT2D eigenvalue weighted by molar-refractivity contribution is 0.231. The van der Waals surface area contributed by atoms with E-state index in [9.17, 15) is 0 Å². The molecule has 0 spiro atoms. The van der Waals surface area contributed by atoms with Gasteiger partial charge in [-0.3, -0.25) is 0 Å². The van der Waals surface area contributed by atoms with E-state index in [0.717, 1.165) is 6.42 Å². The van der Waals surface area contributed by atoms with E-state index < -0.39 is 0 Å². The average Bonchev–Trinajstić information content (AvgIpc) is 2.37. The maximum absolute atomic E-state index is 6.57. The van der Waals surface area contributed by atoms with Gasteiger partial charge in [-0.1, -0.05) is 11.6 Å². The summed E-state index contributed by atoms with van der Waals surface area (Å²) in [6.07, 6.45) is 5.75. The van der Waals surface area contributed by atoms with E-state index in [0.29, 0.717) is 12.5 Å². The molecule has 1 rings (SSSR count). The lowest BCUT2D eigenvalue weighted by atomic mass is 10.1. The minimum Gasteiger partial charge on any atom is -0.396 e. The highest BCUT2D eigenvalue weighted by Crippen LogP contribution is 2.29. The summed E-state index contributed by atoms with van der Waals surface area (Å²) in [7, 11) is 0. The molecular formula is C8H14O. The van der Waals surface area contributed by atoms with Gasteiger partial charge in [0.1, 0.15) is 0 Å².